The maximum atomic E-state index is 9.66. The second kappa shape index (κ2) is 7.17. The van der Waals surface area contributed by atoms with Crippen molar-refractivity contribution in [2.75, 3.05) is 18.2 Å². The van der Waals surface area contributed by atoms with Gasteiger partial charge in [-0.15, -0.1) is 0 Å². The van der Waals surface area contributed by atoms with Gasteiger partial charge in [0.05, 0.1) is 11.0 Å². The molecule has 4 heteroatoms. The van der Waals surface area contributed by atoms with Crippen LogP contribution in [0.25, 0.3) is 0 Å². The van der Waals surface area contributed by atoms with E-state index in [1.807, 2.05) is 12.1 Å². The van der Waals surface area contributed by atoms with E-state index in [-0.39, 0.29) is 10.9 Å². The first kappa shape index (κ1) is 15.4. The van der Waals surface area contributed by atoms with Crippen molar-refractivity contribution in [3.63, 3.8) is 0 Å². The number of rotatable bonds is 3. The van der Waals surface area contributed by atoms with Crippen LogP contribution in [0.1, 0.15) is 43.6 Å². The lowest BCUT2D eigenvalue weighted by molar-refractivity contribution is 0.374. The van der Waals surface area contributed by atoms with E-state index < -0.39 is 0 Å². The normalized spacial score (nSPS) is 31.7. The minimum atomic E-state index is -0.385. The summed E-state index contributed by atoms with van der Waals surface area (Å²) >= 11 is 6.04. The smallest absolute Gasteiger partial charge is 0.0758 e. The molecule has 1 saturated carbocycles. The third kappa shape index (κ3) is 3.46. The lowest BCUT2D eigenvalue weighted by Gasteiger charge is -2.29. The van der Waals surface area contributed by atoms with Gasteiger partial charge in [-0.3, -0.25) is 4.99 Å². The number of aliphatic imine (C=N–C) groups is 1. The monoisotopic (exact) mass is 325 g/mol. The number of aliphatic hydroxyl groups is 1. The largest absolute Gasteiger partial charge is 0.387 e. The van der Waals surface area contributed by atoms with Crippen molar-refractivity contribution in [3.05, 3.63) is 34.9 Å². The zero-order valence-corrected chi connectivity index (χ0v) is 14.0. The molecule has 21 heavy (non-hydrogen) atoms. The van der Waals surface area contributed by atoms with Crippen LogP contribution in [0.3, 0.4) is 0 Å². The van der Waals surface area contributed by atoms with Crippen LogP contribution in [0.2, 0.25) is 5.02 Å². The third-order valence-corrected chi connectivity index (χ3v) is 7.24. The molecule has 0 saturated heterocycles. The van der Waals surface area contributed by atoms with Gasteiger partial charge in [0.1, 0.15) is 0 Å². The molecule has 3 unspecified atom stereocenters. The first-order valence-electron chi connectivity index (χ1n) is 7.95. The van der Waals surface area contributed by atoms with Crippen molar-refractivity contribution >= 4 is 27.5 Å². The Hall–Kier alpha value is -0.510. The van der Waals surface area contributed by atoms with E-state index in [0.717, 1.165) is 17.3 Å². The van der Waals surface area contributed by atoms with Gasteiger partial charge in [0.25, 0.3) is 0 Å². The highest BCUT2D eigenvalue weighted by Crippen LogP contribution is 2.45. The van der Waals surface area contributed by atoms with Crippen molar-refractivity contribution in [3.8, 4) is 0 Å². The van der Waals surface area contributed by atoms with Crippen molar-refractivity contribution in [2.45, 2.75) is 38.0 Å². The SMILES string of the molecule is OC[SH]1CCN=C1C1CCCCCC1c1ccc(Cl)cc1. The number of benzene rings is 1. The molecule has 0 bridgehead atoms. The molecule has 0 radical (unpaired) electrons. The zero-order chi connectivity index (χ0) is 14.7. The summed E-state index contributed by atoms with van der Waals surface area (Å²) in [6.45, 7) is 0.922. The Bertz CT molecular complexity index is 502. The van der Waals surface area contributed by atoms with Gasteiger partial charge in [-0.2, -0.15) is 10.9 Å². The van der Waals surface area contributed by atoms with Crippen LogP contribution in [0, 0.1) is 5.92 Å². The number of thiol groups is 1. The van der Waals surface area contributed by atoms with E-state index in [1.165, 1.54) is 42.7 Å². The topological polar surface area (TPSA) is 32.6 Å². The van der Waals surface area contributed by atoms with E-state index in [0.29, 0.717) is 17.8 Å². The average Bonchev–Trinajstić information content (AvgIpc) is 2.85. The second-order valence-corrected chi connectivity index (χ2v) is 8.75. The summed E-state index contributed by atoms with van der Waals surface area (Å²) in [6.07, 6.45) is 6.38. The Kier molecular flexibility index (Phi) is 5.25. The first-order valence-corrected chi connectivity index (χ1v) is 10.0. The first-order chi connectivity index (χ1) is 10.3. The number of aliphatic hydroxyl groups excluding tert-OH is 1. The number of hydrogen-bond donors (Lipinski definition) is 2. The highest BCUT2D eigenvalue weighted by molar-refractivity contribution is 8.30. The predicted octanol–water partition coefficient (Wildman–Crippen LogP) is 4.37. The van der Waals surface area contributed by atoms with Crippen LogP contribution in [0.5, 0.6) is 0 Å². The van der Waals surface area contributed by atoms with Gasteiger partial charge in [-0.25, -0.2) is 0 Å². The molecule has 2 nitrogen and oxygen atoms in total. The highest BCUT2D eigenvalue weighted by Gasteiger charge is 2.33. The van der Waals surface area contributed by atoms with Crippen LogP contribution < -0.4 is 0 Å². The maximum absolute atomic E-state index is 9.66. The van der Waals surface area contributed by atoms with Crippen molar-refractivity contribution in [2.24, 2.45) is 10.9 Å². The molecular weight excluding hydrogens is 302 g/mol. The molecule has 2 aliphatic rings. The number of nitrogens with zero attached hydrogens (tertiary/aromatic N) is 1. The fourth-order valence-electron chi connectivity index (χ4n) is 3.72. The minimum absolute atomic E-state index is 0.317. The van der Waals surface area contributed by atoms with Crippen LogP contribution in [-0.4, -0.2) is 28.4 Å². The summed E-state index contributed by atoms with van der Waals surface area (Å²) in [6, 6.07) is 8.37. The van der Waals surface area contributed by atoms with Gasteiger partial charge in [0.2, 0.25) is 0 Å². The summed E-state index contributed by atoms with van der Waals surface area (Å²) in [5.41, 5.74) is 1.40. The summed E-state index contributed by atoms with van der Waals surface area (Å²) in [7, 11) is -0.385. The van der Waals surface area contributed by atoms with Gasteiger partial charge < -0.3 is 5.11 Å². The molecule has 1 aromatic rings. The predicted molar refractivity (Wildman–Crippen MR) is 94.0 cm³/mol. The zero-order valence-electron chi connectivity index (χ0n) is 12.3. The molecule has 1 N–H and O–H groups in total. The molecule has 1 heterocycles. The van der Waals surface area contributed by atoms with Crippen LogP contribution in [-0.2, 0) is 0 Å². The van der Waals surface area contributed by atoms with E-state index >= 15 is 0 Å². The summed E-state index contributed by atoms with van der Waals surface area (Å²) in [4.78, 5) is 4.81. The van der Waals surface area contributed by atoms with Crippen molar-refractivity contribution < 1.29 is 5.11 Å². The Morgan fingerprint density at radius 2 is 1.81 bits per heavy atom. The fraction of sp³-hybridized carbons (Fsp3) is 0.588. The molecular formula is C17H24ClNOS. The van der Waals surface area contributed by atoms with Crippen LogP contribution >= 0.6 is 22.5 Å². The molecule has 1 aromatic carbocycles. The molecule has 1 aliphatic carbocycles. The summed E-state index contributed by atoms with van der Waals surface area (Å²) < 4.78 is 0. The van der Waals surface area contributed by atoms with Crippen molar-refractivity contribution in [1.29, 1.82) is 0 Å². The highest BCUT2D eigenvalue weighted by atomic mass is 35.5. The van der Waals surface area contributed by atoms with Gasteiger partial charge in [-0.05, 0) is 36.5 Å². The Morgan fingerprint density at radius 1 is 1.10 bits per heavy atom. The molecule has 0 aromatic heterocycles. The molecule has 3 atom stereocenters. The standard InChI is InChI=1S/C17H24ClNOS/c18-14-8-6-13(7-9-14)15-4-2-1-3-5-16(15)17-19-10-11-21(17)12-20/h6-9,15-16,20-21H,1-5,10-12H2. The Balaban J connectivity index is 1.89. The lowest BCUT2D eigenvalue weighted by Crippen LogP contribution is -2.21. The maximum Gasteiger partial charge on any atom is 0.0758 e. The Labute approximate surface area is 135 Å². The second-order valence-electron chi connectivity index (χ2n) is 6.05. The molecule has 3 rings (SSSR count). The van der Waals surface area contributed by atoms with Gasteiger partial charge in [0, 0.05) is 23.2 Å². The van der Waals surface area contributed by atoms with Crippen molar-refractivity contribution in [1.82, 2.24) is 0 Å². The summed E-state index contributed by atoms with van der Waals surface area (Å²) in [5.74, 6) is 2.50. The molecule has 0 amide bonds. The Morgan fingerprint density at radius 3 is 2.52 bits per heavy atom. The number of halogens is 1. The molecule has 0 spiro atoms. The van der Waals surface area contributed by atoms with Gasteiger partial charge in [-0.1, -0.05) is 43.0 Å². The van der Waals surface area contributed by atoms with E-state index in [1.54, 1.807) is 0 Å². The molecule has 1 fully saturated rings. The van der Waals surface area contributed by atoms with Crippen LogP contribution in [0.15, 0.2) is 29.3 Å². The fourth-order valence-corrected chi connectivity index (χ4v) is 5.78. The van der Waals surface area contributed by atoms with Crippen LogP contribution in [0.4, 0.5) is 0 Å². The quantitative estimate of drug-likeness (QED) is 0.628. The summed E-state index contributed by atoms with van der Waals surface area (Å²) in [5, 5.41) is 11.8. The van der Waals surface area contributed by atoms with E-state index in [9.17, 15) is 5.11 Å². The molecule has 116 valence electrons. The average molecular weight is 326 g/mol. The number of hydrogen-bond acceptors (Lipinski definition) is 2. The van der Waals surface area contributed by atoms with E-state index in [2.05, 4.69) is 12.1 Å². The van der Waals surface area contributed by atoms with Gasteiger partial charge in [0.15, 0.2) is 0 Å². The minimum Gasteiger partial charge on any atom is -0.387 e. The lowest BCUT2D eigenvalue weighted by atomic mass is 9.83. The molecule has 1 aliphatic heterocycles. The van der Waals surface area contributed by atoms with Gasteiger partial charge >= 0.3 is 0 Å². The third-order valence-electron chi connectivity index (χ3n) is 4.78. The van der Waals surface area contributed by atoms with E-state index in [4.69, 9.17) is 16.6 Å².